The largest absolute Gasteiger partial charge is 0.384 e. The van der Waals surface area contributed by atoms with Gasteiger partial charge in [-0.25, -0.2) is 4.98 Å². The maximum atomic E-state index is 5.61. The van der Waals surface area contributed by atoms with E-state index >= 15 is 0 Å². The zero-order valence-electron chi connectivity index (χ0n) is 8.86. The van der Waals surface area contributed by atoms with Gasteiger partial charge in [0.25, 0.3) is 0 Å². The highest BCUT2D eigenvalue weighted by molar-refractivity contribution is 5.66. The highest BCUT2D eigenvalue weighted by Crippen LogP contribution is 2.22. The van der Waals surface area contributed by atoms with Gasteiger partial charge in [0.2, 0.25) is 0 Å². The first-order valence-corrected chi connectivity index (χ1v) is 4.83. The lowest BCUT2D eigenvalue weighted by Gasteiger charge is -2.06. The Balaban J connectivity index is 2.54. The number of rotatable bonds is 1. The molecular weight excluding hydrogens is 186 g/mol. The van der Waals surface area contributed by atoms with Gasteiger partial charge in [0, 0.05) is 23.1 Å². The summed E-state index contributed by atoms with van der Waals surface area (Å²) in [7, 11) is 0. The van der Waals surface area contributed by atoms with Gasteiger partial charge >= 0.3 is 0 Å². The molecular formula is C12H13N3. The number of nitrogens with two attached hydrogens (primary N) is 1. The van der Waals surface area contributed by atoms with E-state index in [4.69, 9.17) is 5.73 Å². The fraction of sp³-hybridized carbons (Fsp3) is 0.167. The molecule has 0 aliphatic carbocycles. The van der Waals surface area contributed by atoms with Crippen molar-refractivity contribution < 1.29 is 0 Å². The van der Waals surface area contributed by atoms with Crippen LogP contribution in [-0.2, 0) is 0 Å². The van der Waals surface area contributed by atoms with Gasteiger partial charge in [0.1, 0.15) is 5.82 Å². The van der Waals surface area contributed by atoms with E-state index in [1.807, 2.05) is 38.1 Å². The van der Waals surface area contributed by atoms with Crippen LogP contribution in [0.3, 0.4) is 0 Å². The lowest BCUT2D eigenvalue weighted by Crippen LogP contribution is -1.94. The van der Waals surface area contributed by atoms with E-state index in [2.05, 4.69) is 9.97 Å². The number of nitrogens with zero attached hydrogens (tertiary/aromatic N) is 2. The molecule has 76 valence electrons. The van der Waals surface area contributed by atoms with Crippen LogP contribution in [-0.4, -0.2) is 9.97 Å². The van der Waals surface area contributed by atoms with Crippen molar-refractivity contribution in [1.82, 2.24) is 9.97 Å². The van der Waals surface area contributed by atoms with Crippen molar-refractivity contribution >= 4 is 5.82 Å². The molecule has 3 heteroatoms. The summed E-state index contributed by atoms with van der Waals surface area (Å²) in [6.45, 7) is 3.94. The van der Waals surface area contributed by atoms with Crippen LogP contribution in [0.2, 0.25) is 0 Å². The molecule has 0 unspecified atom stereocenters. The average molecular weight is 199 g/mol. The summed E-state index contributed by atoms with van der Waals surface area (Å²) in [6, 6.07) is 7.83. The van der Waals surface area contributed by atoms with Crippen LogP contribution in [0.25, 0.3) is 11.1 Å². The Morgan fingerprint density at radius 1 is 1.13 bits per heavy atom. The summed E-state index contributed by atoms with van der Waals surface area (Å²) in [4.78, 5) is 8.40. The molecule has 2 heterocycles. The van der Waals surface area contributed by atoms with Gasteiger partial charge in [-0.2, -0.15) is 0 Å². The summed E-state index contributed by atoms with van der Waals surface area (Å²) in [5, 5.41) is 0. The summed E-state index contributed by atoms with van der Waals surface area (Å²) < 4.78 is 0. The zero-order chi connectivity index (χ0) is 10.8. The molecule has 2 aromatic heterocycles. The standard InChI is InChI=1S/C12H13N3/c1-8-7-10(5-6-14-8)11-3-4-12(13)15-9(11)2/h3-7H,1-2H3,(H2,13,15). The van der Waals surface area contributed by atoms with Crippen LogP contribution in [0.4, 0.5) is 5.82 Å². The van der Waals surface area contributed by atoms with E-state index in [-0.39, 0.29) is 0 Å². The second-order valence-electron chi connectivity index (χ2n) is 3.55. The molecule has 0 saturated heterocycles. The van der Waals surface area contributed by atoms with E-state index in [0.29, 0.717) is 5.82 Å². The average Bonchev–Trinajstić information content (AvgIpc) is 2.17. The predicted octanol–water partition coefficient (Wildman–Crippen LogP) is 2.34. The lowest BCUT2D eigenvalue weighted by molar-refractivity contribution is 1.18. The normalized spacial score (nSPS) is 10.3. The van der Waals surface area contributed by atoms with Gasteiger partial charge in [-0.15, -0.1) is 0 Å². The third-order valence-electron chi connectivity index (χ3n) is 2.32. The van der Waals surface area contributed by atoms with Crippen LogP contribution in [0.5, 0.6) is 0 Å². The number of hydrogen-bond donors (Lipinski definition) is 1. The van der Waals surface area contributed by atoms with Gasteiger partial charge in [0.15, 0.2) is 0 Å². The van der Waals surface area contributed by atoms with Crippen molar-refractivity contribution in [2.24, 2.45) is 0 Å². The molecule has 0 aromatic carbocycles. The van der Waals surface area contributed by atoms with Crippen LogP contribution in [0.1, 0.15) is 11.4 Å². The molecule has 0 aliphatic rings. The number of aryl methyl sites for hydroxylation is 2. The quantitative estimate of drug-likeness (QED) is 0.767. The maximum Gasteiger partial charge on any atom is 0.123 e. The summed E-state index contributed by atoms with van der Waals surface area (Å²) >= 11 is 0. The maximum absolute atomic E-state index is 5.61. The van der Waals surface area contributed by atoms with Crippen molar-refractivity contribution in [2.75, 3.05) is 5.73 Å². The molecule has 2 N–H and O–H groups in total. The van der Waals surface area contributed by atoms with Gasteiger partial charge in [0.05, 0.1) is 0 Å². The lowest BCUT2D eigenvalue weighted by atomic mass is 10.1. The molecule has 0 saturated carbocycles. The molecule has 0 aliphatic heterocycles. The monoisotopic (exact) mass is 199 g/mol. The fourth-order valence-electron chi connectivity index (χ4n) is 1.60. The predicted molar refractivity (Wildman–Crippen MR) is 61.4 cm³/mol. The van der Waals surface area contributed by atoms with Crippen LogP contribution in [0, 0.1) is 13.8 Å². The number of nitrogen functional groups attached to an aromatic ring is 1. The molecule has 0 spiro atoms. The summed E-state index contributed by atoms with van der Waals surface area (Å²) in [5.74, 6) is 0.557. The topological polar surface area (TPSA) is 51.8 Å². The molecule has 0 amide bonds. The molecule has 3 nitrogen and oxygen atoms in total. The first-order valence-electron chi connectivity index (χ1n) is 4.83. The Labute approximate surface area is 89.0 Å². The van der Waals surface area contributed by atoms with Gasteiger partial charge in [-0.05, 0) is 43.7 Å². The van der Waals surface area contributed by atoms with Crippen molar-refractivity contribution in [1.29, 1.82) is 0 Å². The highest BCUT2D eigenvalue weighted by Gasteiger charge is 2.03. The highest BCUT2D eigenvalue weighted by atomic mass is 14.8. The fourth-order valence-corrected chi connectivity index (χ4v) is 1.60. The molecule has 0 fully saturated rings. The van der Waals surface area contributed by atoms with E-state index in [9.17, 15) is 0 Å². The number of anilines is 1. The van der Waals surface area contributed by atoms with E-state index in [1.165, 1.54) is 0 Å². The Hall–Kier alpha value is -1.90. The van der Waals surface area contributed by atoms with Crippen molar-refractivity contribution in [3.8, 4) is 11.1 Å². The third-order valence-corrected chi connectivity index (χ3v) is 2.32. The van der Waals surface area contributed by atoms with Gasteiger partial charge in [-0.1, -0.05) is 0 Å². The van der Waals surface area contributed by atoms with Crippen LogP contribution < -0.4 is 5.73 Å². The van der Waals surface area contributed by atoms with E-state index in [0.717, 1.165) is 22.5 Å². The van der Waals surface area contributed by atoms with Crippen molar-refractivity contribution in [2.45, 2.75) is 13.8 Å². The zero-order valence-corrected chi connectivity index (χ0v) is 8.86. The smallest absolute Gasteiger partial charge is 0.123 e. The van der Waals surface area contributed by atoms with Crippen LogP contribution >= 0.6 is 0 Å². The first-order chi connectivity index (χ1) is 7.16. The first kappa shape index (κ1) is 9.65. The van der Waals surface area contributed by atoms with E-state index < -0.39 is 0 Å². The van der Waals surface area contributed by atoms with Crippen molar-refractivity contribution in [3.63, 3.8) is 0 Å². The Morgan fingerprint density at radius 2 is 1.93 bits per heavy atom. The summed E-state index contributed by atoms with van der Waals surface area (Å²) in [6.07, 6.45) is 1.81. The Morgan fingerprint density at radius 3 is 2.60 bits per heavy atom. The molecule has 0 bridgehead atoms. The Bertz CT molecular complexity index is 492. The minimum atomic E-state index is 0.557. The minimum absolute atomic E-state index is 0.557. The summed E-state index contributed by atoms with van der Waals surface area (Å²) in [5.41, 5.74) is 9.80. The SMILES string of the molecule is Cc1cc(-c2ccc(N)nc2C)ccn1. The molecule has 0 radical (unpaired) electrons. The van der Waals surface area contributed by atoms with Crippen molar-refractivity contribution in [3.05, 3.63) is 41.9 Å². The minimum Gasteiger partial charge on any atom is -0.384 e. The van der Waals surface area contributed by atoms with Crippen LogP contribution in [0.15, 0.2) is 30.5 Å². The Kier molecular flexibility index (Phi) is 2.37. The van der Waals surface area contributed by atoms with Gasteiger partial charge in [-0.3, -0.25) is 4.98 Å². The molecule has 0 atom stereocenters. The van der Waals surface area contributed by atoms with Gasteiger partial charge < -0.3 is 5.73 Å². The third kappa shape index (κ3) is 1.96. The second kappa shape index (κ2) is 3.69. The number of aromatic nitrogens is 2. The molecule has 2 rings (SSSR count). The molecule has 15 heavy (non-hydrogen) atoms. The number of pyridine rings is 2. The second-order valence-corrected chi connectivity index (χ2v) is 3.55. The van der Waals surface area contributed by atoms with E-state index in [1.54, 1.807) is 6.20 Å². The molecule has 2 aromatic rings. The number of hydrogen-bond acceptors (Lipinski definition) is 3.